The van der Waals surface area contributed by atoms with Crippen LogP contribution in [0.5, 0.6) is 0 Å². The van der Waals surface area contributed by atoms with Crippen molar-refractivity contribution in [3.05, 3.63) is 0 Å². The molecule has 7 heteroatoms. The number of aliphatic carboxylic acids is 1. The Labute approximate surface area is 124 Å². The Kier molecular flexibility index (Phi) is 4.57. The zero-order valence-electron chi connectivity index (χ0n) is 11.7. The maximum atomic E-state index is 12.5. The topological polar surface area (TPSA) is 91.8 Å². The Morgan fingerprint density at radius 2 is 1.90 bits per heavy atom. The van der Waals surface area contributed by atoms with Gasteiger partial charge in [0, 0.05) is 12.0 Å². The molecule has 0 radical (unpaired) electrons. The molecule has 1 unspecified atom stereocenters. The maximum absolute atomic E-state index is 12.5. The van der Waals surface area contributed by atoms with Gasteiger partial charge in [-0.2, -0.15) is 0 Å². The number of carboxylic acid groups (broad SMARTS) is 1. The highest BCUT2D eigenvalue weighted by Gasteiger charge is 2.40. The minimum absolute atomic E-state index is 0.0461. The van der Waals surface area contributed by atoms with Crippen LogP contribution in [-0.4, -0.2) is 54.4 Å². The van der Waals surface area contributed by atoms with Gasteiger partial charge in [0.2, 0.25) is 5.91 Å². The molecule has 1 saturated carbocycles. The number of amides is 1. The van der Waals surface area contributed by atoms with Gasteiger partial charge in [-0.1, -0.05) is 5.92 Å². The first-order valence-electron chi connectivity index (χ1n) is 7.01. The Hall–Kier alpha value is -1.55. The van der Waals surface area contributed by atoms with E-state index >= 15 is 0 Å². The van der Waals surface area contributed by atoms with Crippen molar-refractivity contribution in [1.82, 2.24) is 4.90 Å². The van der Waals surface area contributed by atoms with Crippen molar-refractivity contribution in [3.8, 4) is 12.3 Å². The van der Waals surface area contributed by atoms with E-state index in [4.69, 9.17) is 11.5 Å². The van der Waals surface area contributed by atoms with Crippen LogP contribution in [0, 0.1) is 24.2 Å². The summed E-state index contributed by atoms with van der Waals surface area (Å²) in [6.07, 6.45) is 7.02. The van der Waals surface area contributed by atoms with Crippen molar-refractivity contribution < 1.29 is 23.1 Å². The van der Waals surface area contributed by atoms with Gasteiger partial charge in [-0.05, 0) is 25.7 Å². The molecule has 1 N–H and O–H groups in total. The van der Waals surface area contributed by atoms with E-state index in [-0.39, 0.29) is 35.9 Å². The van der Waals surface area contributed by atoms with Crippen LogP contribution in [0.4, 0.5) is 0 Å². The molecule has 1 saturated heterocycles. The highest BCUT2D eigenvalue weighted by atomic mass is 32.2. The van der Waals surface area contributed by atoms with Crippen LogP contribution >= 0.6 is 0 Å². The number of nitrogens with zero attached hydrogens (tertiary/aromatic N) is 1. The highest BCUT2D eigenvalue weighted by Crippen LogP contribution is 2.33. The summed E-state index contributed by atoms with van der Waals surface area (Å²) in [5.74, 6) is 0.517. The standard InChI is InChI=1S/C14H19NO5S/c1-2-6-15(12-5-7-21(19,20)9-12)13(16)10-3-4-11(8-10)14(17)18/h1,10-12H,3-9H2,(H,17,18)/t10-,11+,12?/m1/s1. The summed E-state index contributed by atoms with van der Waals surface area (Å²) in [5.41, 5.74) is 0. The van der Waals surface area contributed by atoms with E-state index in [1.54, 1.807) is 0 Å². The molecular formula is C14H19NO5S. The third-order valence-electron chi connectivity index (χ3n) is 4.32. The second-order valence-corrected chi connectivity index (χ2v) is 8.00. The predicted molar refractivity (Wildman–Crippen MR) is 76.1 cm³/mol. The summed E-state index contributed by atoms with van der Waals surface area (Å²) in [6, 6.07) is -0.373. The summed E-state index contributed by atoms with van der Waals surface area (Å²) in [5, 5.41) is 9.00. The minimum atomic E-state index is -3.10. The first-order chi connectivity index (χ1) is 9.84. The lowest BCUT2D eigenvalue weighted by Gasteiger charge is -2.28. The van der Waals surface area contributed by atoms with Crippen LogP contribution in [0.25, 0.3) is 0 Å². The average molecular weight is 313 g/mol. The largest absolute Gasteiger partial charge is 0.481 e. The van der Waals surface area contributed by atoms with Gasteiger partial charge in [0.15, 0.2) is 9.84 Å². The Morgan fingerprint density at radius 1 is 1.24 bits per heavy atom. The summed E-state index contributed by atoms with van der Waals surface area (Å²) in [4.78, 5) is 25.0. The molecule has 2 rings (SSSR count). The summed E-state index contributed by atoms with van der Waals surface area (Å²) in [6.45, 7) is 0.0766. The molecular weight excluding hydrogens is 294 g/mol. The lowest BCUT2D eigenvalue weighted by atomic mass is 10.0. The number of carbonyl (C=O) groups is 2. The van der Waals surface area contributed by atoms with Crippen LogP contribution in [0.3, 0.4) is 0 Å². The second-order valence-electron chi connectivity index (χ2n) is 5.77. The van der Waals surface area contributed by atoms with Gasteiger partial charge in [-0.15, -0.1) is 6.42 Å². The molecule has 1 heterocycles. The second kappa shape index (κ2) is 6.06. The van der Waals surface area contributed by atoms with E-state index in [0.29, 0.717) is 25.7 Å². The average Bonchev–Trinajstić information content (AvgIpc) is 3.01. The van der Waals surface area contributed by atoms with Gasteiger partial charge in [0.25, 0.3) is 0 Å². The van der Waals surface area contributed by atoms with Gasteiger partial charge in [-0.25, -0.2) is 8.42 Å². The van der Waals surface area contributed by atoms with E-state index in [1.807, 2.05) is 0 Å². The van der Waals surface area contributed by atoms with Crippen LogP contribution in [0.1, 0.15) is 25.7 Å². The quantitative estimate of drug-likeness (QED) is 0.745. The molecule has 116 valence electrons. The first kappa shape index (κ1) is 15.8. The normalized spacial score (nSPS) is 30.7. The first-order valence-corrected chi connectivity index (χ1v) is 8.83. The molecule has 2 fully saturated rings. The molecule has 0 bridgehead atoms. The molecule has 0 spiro atoms. The van der Waals surface area contributed by atoms with Crippen molar-refractivity contribution in [1.29, 1.82) is 0 Å². The Balaban J connectivity index is 2.07. The fraction of sp³-hybridized carbons (Fsp3) is 0.714. The number of hydrogen-bond donors (Lipinski definition) is 1. The minimum Gasteiger partial charge on any atom is -0.481 e. The van der Waals surface area contributed by atoms with Gasteiger partial charge >= 0.3 is 5.97 Å². The third-order valence-corrected chi connectivity index (χ3v) is 6.08. The molecule has 0 aromatic carbocycles. The van der Waals surface area contributed by atoms with Crippen molar-refractivity contribution in [3.63, 3.8) is 0 Å². The third kappa shape index (κ3) is 3.56. The molecule has 6 nitrogen and oxygen atoms in total. The lowest BCUT2D eigenvalue weighted by molar-refractivity contribution is -0.141. The highest BCUT2D eigenvalue weighted by molar-refractivity contribution is 7.91. The van der Waals surface area contributed by atoms with E-state index in [9.17, 15) is 18.0 Å². The van der Waals surface area contributed by atoms with Crippen LogP contribution in [0.15, 0.2) is 0 Å². The van der Waals surface area contributed by atoms with Crippen molar-refractivity contribution in [2.75, 3.05) is 18.1 Å². The maximum Gasteiger partial charge on any atom is 0.306 e. The molecule has 2 aliphatic rings. The Morgan fingerprint density at radius 3 is 2.38 bits per heavy atom. The van der Waals surface area contributed by atoms with E-state index in [0.717, 1.165) is 0 Å². The number of sulfone groups is 1. The van der Waals surface area contributed by atoms with E-state index < -0.39 is 21.7 Å². The van der Waals surface area contributed by atoms with E-state index in [1.165, 1.54) is 4.90 Å². The van der Waals surface area contributed by atoms with Crippen molar-refractivity contribution in [2.24, 2.45) is 11.8 Å². The fourth-order valence-corrected chi connectivity index (χ4v) is 4.90. The number of terminal acetylenes is 1. The SMILES string of the molecule is C#CCN(C(=O)[C@@H]1CC[C@H](C(=O)O)C1)C1CCS(=O)(=O)C1. The van der Waals surface area contributed by atoms with Gasteiger partial charge < -0.3 is 10.0 Å². The summed E-state index contributed by atoms with van der Waals surface area (Å²) < 4.78 is 23.1. The monoisotopic (exact) mass is 313 g/mol. The number of carbonyl (C=O) groups excluding carboxylic acids is 1. The molecule has 3 atom stereocenters. The van der Waals surface area contributed by atoms with Gasteiger partial charge in [0.05, 0.1) is 24.0 Å². The van der Waals surface area contributed by atoms with Crippen LogP contribution < -0.4 is 0 Å². The molecule has 1 aliphatic carbocycles. The fourth-order valence-electron chi connectivity index (χ4n) is 3.17. The molecule has 0 aromatic heterocycles. The molecule has 0 aromatic rings. The lowest BCUT2D eigenvalue weighted by Crippen LogP contribution is -2.44. The predicted octanol–water partition coefficient (Wildman–Crippen LogP) is 0.136. The zero-order valence-corrected chi connectivity index (χ0v) is 12.5. The summed E-state index contributed by atoms with van der Waals surface area (Å²) in [7, 11) is -3.10. The molecule has 21 heavy (non-hydrogen) atoms. The van der Waals surface area contributed by atoms with Crippen molar-refractivity contribution >= 4 is 21.7 Å². The van der Waals surface area contributed by atoms with Gasteiger partial charge in [-0.3, -0.25) is 9.59 Å². The van der Waals surface area contributed by atoms with Crippen molar-refractivity contribution in [2.45, 2.75) is 31.7 Å². The van der Waals surface area contributed by atoms with Crippen LogP contribution in [0.2, 0.25) is 0 Å². The number of hydrogen-bond acceptors (Lipinski definition) is 4. The van der Waals surface area contributed by atoms with Crippen LogP contribution in [-0.2, 0) is 19.4 Å². The van der Waals surface area contributed by atoms with E-state index in [2.05, 4.69) is 5.92 Å². The zero-order chi connectivity index (χ0) is 15.6. The molecule has 1 amide bonds. The molecule has 1 aliphatic heterocycles. The number of carboxylic acids is 1. The number of rotatable bonds is 4. The van der Waals surface area contributed by atoms with Gasteiger partial charge in [0.1, 0.15) is 0 Å². The smallest absolute Gasteiger partial charge is 0.306 e. The Bertz CT molecular complexity index is 577. The summed E-state index contributed by atoms with van der Waals surface area (Å²) >= 11 is 0.